The number of H-pyrrole nitrogens is 1. The van der Waals surface area contributed by atoms with Crippen molar-refractivity contribution in [3.8, 4) is 0 Å². The van der Waals surface area contributed by atoms with Gasteiger partial charge in [0.15, 0.2) is 5.65 Å². The summed E-state index contributed by atoms with van der Waals surface area (Å²) in [5.41, 5.74) is 1.92. The van der Waals surface area contributed by atoms with E-state index in [2.05, 4.69) is 32.1 Å². The maximum absolute atomic E-state index is 13.7. The quantitative estimate of drug-likeness (QED) is 0.681. The standard InChI is InChI=1S/C19H20FN5O/c1-12(15-4-2-3-5-17(15)20)9-26-10-13-6-14(7-13)24-18-16-8-23-25-19(16)22-11-21-18/h2-5,8,11,13-14H,1,6-7,9-10H2,(H2,21,22,23,24,25)/t13-,14+. The van der Waals surface area contributed by atoms with Gasteiger partial charge in [0.25, 0.3) is 0 Å². The Morgan fingerprint density at radius 2 is 2.15 bits per heavy atom. The number of nitrogens with zero attached hydrogens (tertiary/aromatic N) is 3. The van der Waals surface area contributed by atoms with E-state index in [1.807, 2.05) is 0 Å². The molecule has 1 aromatic carbocycles. The molecule has 0 aliphatic heterocycles. The Kier molecular flexibility index (Phi) is 4.62. The van der Waals surface area contributed by atoms with E-state index in [1.54, 1.807) is 24.4 Å². The van der Waals surface area contributed by atoms with Crippen molar-refractivity contribution in [3.63, 3.8) is 0 Å². The van der Waals surface area contributed by atoms with Gasteiger partial charge in [0, 0.05) is 18.2 Å². The van der Waals surface area contributed by atoms with Crippen LogP contribution in [0.25, 0.3) is 16.6 Å². The number of hydrogen-bond donors (Lipinski definition) is 2. The molecule has 26 heavy (non-hydrogen) atoms. The van der Waals surface area contributed by atoms with Crippen LogP contribution in [0.4, 0.5) is 10.2 Å². The van der Waals surface area contributed by atoms with Gasteiger partial charge in [0.2, 0.25) is 0 Å². The number of ether oxygens (including phenoxy) is 1. The van der Waals surface area contributed by atoms with E-state index in [4.69, 9.17) is 4.74 Å². The SMILES string of the molecule is C=C(COC[C@H]1C[C@@H](Nc2ncnc3[nH]ncc23)C1)c1ccccc1F. The summed E-state index contributed by atoms with van der Waals surface area (Å²) in [5.74, 6) is 1.04. The van der Waals surface area contributed by atoms with Crippen molar-refractivity contribution in [3.05, 3.63) is 54.7 Å². The number of hydrogen-bond acceptors (Lipinski definition) is 5. The fourth-order valence-electron chi connectivity index (χ4n) is 3.24. The molecule has 1 aliphatic rings. The summed E-state index contributed by atoms with van der Waals surface area (Å²) in [6, 6.07) is 7.00. The lowest BCUT2D eigenvalue weighted by Gasteiger charge is -2.36. The molecule has 4 rings (SSSR count). The molecule has 0 unspecified atom stereocenters. The summed E-state index contributed by atoms with van der Waals surface area (Å²) in [4.78, 5) is 8.42. The second kappa shape index (κ2) is 7.21. The minimum Gasteiger partial charge on any atom is -0.376 e. The number of halogens is 1. The third-order valence-corrected chi connectivity index (χ3v) is 4.71. The molecular formula is C19H20FN5O. The van der Waals surface area contributed by atoms with Crippen LogP contribution in [0.15, 0.2) is 43.4 Å². The zero-order valence-corrected chi connectivity index (χ0v) is 14.3. The van der Waals surface area contributed by atoms with Gasteiger partial charge in [-0.25, -0.2) is 14.4 Å². The molecular weight excluding hydrogens is 333 g/mol. The molecule has 7 heteroatoms. The molecule has 6 nitrogen and oxygen atoms in total. The number of benzene rings is 1. The first-order valence-electron chi connectivity index (χ1n) is 8.61. The molecule has 2 N–H and O–H groups in total. The van der Waals surface area contributed by atoms with Crippen molar-refractivity contribution in [1.29, 1.82) is 0 Å². The average molecular weight is 353 g/mol. The summed E-state index contributed by atoms with van der Waals surface area (Å²) < 4.78 is 19.4. The Morgan fingerprint density at radius 1 is 1.31 bits per heavy atom. The van der Waals surface area contributed by atoms with E-state index < -0.39 is 0 Å². The van der Waals surface area contributed by atoms with Gasteiger partial charge in [-0.3, -0.25) is 5.10 Å². The van der Waals surface area contributed by atoms with Crippen molar-refractivity contribution in [2.24, 2.45) is 5.92 Å². The Labute approximate surface area is 150 Å². The molecule has 2 aromatic heterocycles. The molecule has 0 spiro atoms. The second-order valence-corrected chi connectivity index (χ2v) is 6.63. The number of rotatable bonds is 7. The molecule has 1 saturated carbocycles. The maximum Gasteiger partial charge on any atom is 0.160 e. The second-order valence-electron chi connectivity index (χ2n) is 6.63. The van der Waals surface area contributed by atoms with E-state index in [0.29, 0.717) is 36.3 Å². The lowest BCUT2D eigenvalue weighted by molar-refractivity contribution is 0.0853. The van der Waals surface area contributed by atoms with Gasteiger partial charge in [-0.15, -0.1) is 0 Å². The van der Waals surface area contributed by atoms with E-state index in [9.17, 15) is 4.39 Å². The fourth-order valence-corrected chi connectivity index (χ4v) is 3.24. The fraction of sp³-hybridized carbons (Fsp3) is 0.316. The third kappa shape index (κ3) is 3.43. The summed E-state index contributed by atoms with van der Waals surface area (Å²) in [6.07, 6.45) is 5.27. The number of aromatic amines is 1. The smallest absolute Gasteiger partial charge is 0.160 e. The van der Waals surface area contributed by atoms with Crippen molar-refractivity contribution >= 4 is 22.4 Å². The number of aromatic nitrogens is 4. The highest BCUT2D eigenvalue weighted by molar-refractivity contribution is 5.85. The highest BCUT2D eigenvalue weighted by atomic mass is 19.1. The molecule has 1 fully saturated rings. The van der Waals surface area contributed by atoms with Crippen molar-refractivity contribution in [2.75, 3.05) is 18.5 Å². The zero-order chi connectivity index (χ0) is 17.9. The first-order chi connectivity index (χ1) is 12.7. The first kappa shape index (κ1) is 16.7. The lowest BCUT2D eigenvalue weighted by atomic mass is 9.81. The van der Waals surface area contributed by atoms with Crippen LogP contribution in [0.2, 0.25) is 0 Å². The predicted octanol–water partition coefficient (Wildman–Crippen LogP) is 3.41. The summed E-state index contributed by atoms with van der Waals surface area (Å²) >= 11 is 0. The van der Waals surface area contributed by atoms with Crippen molar-refractivity contribution in [1.82, 2.24) is 20.2 Å². The minimum atomic E-state index is -0.260. The van der Waals surface area contributed by atoms with E-state index in [0.717, 1.165) is 29.7 Å². The molecule has 0 radical (unpaired) electrons. The molecule has 1 aliphatic carbocycles. The topological polar surface area (TPSA) is 75.7 Å². The molecule has 0 amide bonds. The molecule has 2 heterocycles. The molecule has 0 bridgehead atoms. The molecule has 0 saturated heterocycles. The van der Waals surface area contributed by atoms with Gasteiger partial charge in [-0.1, -0.05) is 24.8 Å². The summed E-state index contributed by atoms with van der Waals surface area (Å²) in [6.45, 7) is 4.91. The number of fused-ring (bicyclic) bond motifs is 1. The maximum atomic E-state index is 13.7. The Balaban J connectivity index is 1.22. The van der Waals surface area contributed by atoms with Gasteiger partial charge >= 0.3 is 0 Å². The van der Waals surface area contributed by atoms with Gasteiger partial charge < -0.3 is 10.1 Å². The largest absolute Gasteiger partial charge is 0.376 e. The Morgan fingerprint density at radius 3 is 3.00 bits per heavy atom. The Hall–Kier alpha value is -2.80. The van der Waals surface area contributed by atoms with Crippen LogP contribution in [0.5, 0.6) is 0 Å². The highest BCUT2D eigenvalue weighted by Gasteiger charge is 2.30. The van der Waals surface area contributed by atoms with Gasteiger partial charge in [-0.2, -0.15) is 5.10 Å². The van der Waals surface area contributed by atoms with Crippen LogP contribution in [0.3, 0.4) is 0 Å². The first-order valence-corrected chi connectivity index (χ1v) is 8.61. The van der Waals surface area contributed by atoms with Crippen LogP contribution in [0, 0.1) is 11.7 Å². The average Bonchev–Trinajstić information content (AvgIpc) is 3.09. The van der Waals surface area contributed by atoms with Crippen LogP contribution in [-0.4, -0.2) is 39.4 Å². The van der Waals surface area contributed by atoms with Crippen LogP contribution in [-0.2, 0) is 4.74 Å². The van der Waals surface area contributed by atoms with Gasteiger partial charge in [0.1, 0.15) is 18.0 Å². The van der Waals surface area contributed by atoms with Crippen molar-refractivity contribution in [2.45, 2.75) is 18.9 Å². The number of nitrogens with one attached hydrogen (secondary N) is 2. The van der Waals surface area contributed by atoms with E-state index >= 15 is 0 Å². The molecule has 3 aromatic rings. The minimum absolute atomic E-state index is 0.260. The van der Waals surface area contributed by atoms with Crippen molar-refractivity contribution < 1.29 is 9.13 Å². The van der Waals surface area contributed by atoms with E-state index in [1.165, 1.54) is 12.4 Å². The van der Waals surface area contributed by atoms with E-state index in [-0.39, 0.29) is 5.82 Å². The monoisotopic (exact) mass is 353 g/mol. The predicted molar refractivity (Wildman–Crippen MR) is 98.1 cm³/mol. The molecule has 134 valence electrons. The summed E-state index contributed by atoms with van der Waals surface area (Å²) in [7, 11) is 0. The molecule has 0 atom stereocenters. The van der Waals surface area contributed by atoms with Gasteiger partial charge in [0.05, 0.1) is 18.2 Å². The lowest BCUT2D eigenvalue weighted by Crippen LogP contribution is -2.38. The number of anilines is 1. The van der Waals surface area contributed by atoms with Gasteiger partial charge in [-0.05, 0) is 30.4 Å². The summed E-state index contributed by atoms with van der Waals surface area (Å²) in [5, 5.41) is 11.2. The third-order valence-electron chi connectivity index (χ3n) is 4.71. The van der Waals surface area contributed by atoms with Crippen LogP contribution >= 0.6 is 0 Å². The van der Waals surface area contributed by atoms with Crippen LogP contribution in [0.1, 0.15) is 18.4 Å². The highest BCUT2D eigenvalue weighted by Crippen LogP contribution is 2.31. The zero-order valence-electron chi connectivity index (χ0n) is 14.3. The Bertz CT molecular complexity index is 919. The normalized spacial score (nSPS) is 19.3. The van der Waals surface area contributed by atoms with Crippen LogP contribution < -0.4 is 5.32 Å².